The van der Waals surface area contributed by atoms with Crippen LogP contribution in [0.25, 0.3) is 0 Å². The molecule has 2 aromatic rings. The van der Waals surface area contributed by atoms with Crippen LogP contribution in [0.5, 0.6) is 5.75 Å². The topological polar surface area (TPSA) is 95.1 Å². The number of aromatic nitrogens is 1. The number of methoxy groups -OCH3 is 1. The van der Waals surface area contributed by atoms with E-state index in [1.807, 2.05) is 35.2 Å². The van der Waals surface area contributed by atoms with E-state index in [1.54, 1.807) is 30.3 Å². The second-order valence-electron chi connectivity index (χ2n) is 8.20. The second-order valence-corrected chi connectivity index (χ2v) is 8.20. The van der Waals surface area contributed by atoms with Gasteiger partial charge in [-0.2, -0.15) is 0 Å². The summed E-state index contributed by atoms with van der Waals surface area (Å²) in [5, 5.41) is 2.83. The van der Waals surface area contributed by atoms with E-state index >= 15 is 0 Å². The molecule has 1 aromatic carbocycles. The molecule has 1 aromatic heterocycles. The Labute approximate surface area is 193 Å². The Hall–Kier alpha value is -3.62. The van der Waals surface area contributed by atoms with E-state index < -0.39 is 5.92 Å². The number of pyridine rings is 1. The van der Waals surface area contributed by atoms with Crippen LogP contribution in [0.2, 0.25) is 0 Å². The van der Waals surface area contributed by atoms with Gasteiger partial charge in [0.2, 0.25) is 17.7 Å². The number of hydrogen-bond acceptors (Lipinski definition) is 6. The zero-order valence-electron chi connectivity index (χ0n) is 18.8. The van der Waals surface area contributed by atoms with E-state index in [2.05, 4.69) is 15.2 Å². The van der Waals surface area contributed by atoms with Crippen LogP contribution in [0.4, 0.5) is 11.5 Å². The molecule has 9 nitrogen and oxygen atoms in total. The number of nitrogens with one attached hydrogen (secondary N) is 1. The molecule has 0 spiro atoms. The van der Waals surface area contributed by atoms with Crippen molar-refractivity contribution in [3.8, 4) is 5.75 Å². The average Bonchev–Trinajstić information content (AvgIpc) is 3.26. The Morgan fingerprint density at radius 3 is 2.52 bits per heavy atom. The number of hydrogen-bond donors (Lipinski definition) is 1. The normalized spacial score (nSPS) is 18.4. The van der Waals surface area contributed by atoms with Gasteiger partial charge in [0.1, 0.15) is 11.6 Å². The number of carbonyl (C=O) groups excluding carboxylic acids is 3. The monoisotopic (exact) mass is 451 g/mol. The molecule has 0 saturated carbocycles. The molecule has 0 bridgehead atoms. The fourth-order valence-electron chi connectivity index (χ4n) is 4.22. The van der Waals surface area contributed by atoms with Gasteiger partial charge in [-0.3, -0.25) is 14.4 Å². The second kappa shape index (κ2) is 10.3. The molecule has 2 fully saturated rings. The van der Waals surface area contributed by atoms with Gasteiger partial charge in [0.15, 0.2) is 0 Å². The van der Waals surface area contributed by atoms with Crippen LogP contribution in [-0.4, -0.2) is 74.0 Å². The van der Waals surface area contributed by atoms with Crippen molar-refractivity contribution in [2.75, 3.05) is 56.2 Å². The average molecular weight is 452 g/mol. The van der Waals surface area contributed by atoms with Crippen LogP contribution in [-0.2, 0) is 14.4 Å². The standard InChI is InChI=1S/C24H29N5O4/c1-33-20-7-5-19(6-8-20)29-17-18(16-23(29)31)24(32)26-11-9-22(30)28-14-12-27(13-15-28)21-4-2-3-10-25-21/h2-8,10,18H,9,11-17H2,1H3,(H,26,32)/t18-/m0/s1. The third-order valence-corrected chi connectivity index (χ3v) is 6.12. The highest BCUT2D eigenvalue weighted by molar-refractivity contribution is 6.00. The summed E-state index contributed by atoms with van der Waals surface area (Å²) in [7, 11) is 1.59. The molecule has 1 atom stereocenters. The first-order chi connectivity index (χ1) is 16.0. The van der Waals surface area contributed by atoms with Gasteiger partial charge >= 0.3 is 0 Å². The van der Waals surface area contributed by atoms with Crippen molar-refractivity contribution < 1.29 is 19.1 Å². The summed E-state index contributed by atoms with van der Waals surface area (Å²) in [4.78, 5) is 47.5. The van der Waals surface area contributed by atoms with E-state index in [9.17, 15) is 14.4 Å². The van der Waals surface area contributed by atoms with Crippen molar-refractivity contribution in [3.05, 3.63) is 48.7 Å². The molecule has 2 aliphatic heterocycles. The van der Waals surface area contributed by atoms with Gasteiger partial charge in [0.25, 0.3) is 0 Å². The third kappa shape index (κ3) is 5.42. The van der Waals surface area contributed by atoms with Crippen molar-refractivity contribution >= 4 is 29.2 Å². The molecular formula is C24H29N5O4. The van der Waals surface area contributed by atoms with Crippen molar-refractivity contribution in [3.63, 3.8) is 0 Å². The van der Waals surface area contributed by atoms with E-state index in [1.165, 1.54) is 0 Å². The molecule has 3 heterocycles. The van der Waals surface area contributed by atoms with Crippen molar-refractivity contribution in [1.29, 1.82) is 0 Å². The van der Waals surface area contributed by atoms with Crippen LogP contribution >= 0.6 is 0 Å². The number of piperazine rings is 1. The number of ether oxygens (including phenoxy) is 1. The first-order valence-electron chi connectivity index (χ1n) is 11.2. The van der Waals surface area contributed by atoms with Crippen LogP contribution in [0.15, 0.2) is 48.7 Å². The molecule has 0 aliphatic carbocycles. The lowest BCUT2D eigenvalue weighted by atomic mass is 10.1. The van der Waals surface area contributed by atoms with E-state index in [0.717, 1.165) is 24.6 Å². The Kier molecular flexibility index (Phi) is 7.07. The summed E-state index contributed by atoms with van der Waals surface area (Å²) in [6, 6.07) is 13.0. The Balaban J connectivity index is 1.19. The van der Waals surface area contributed by atoms with Gasteiger partial charge in [-0.25, -0.2) is 4.98 Å². The van der Waals surface area contributed by atoms with Gasteiger partial charge in [-0.15, -0.1) is 0 Å². The van der Waals surface area contributed by atoms with Crippen LogP contribution < -0.4 is 19.9 Å². The van der Waals surface area contributed by atoms with E-state index in [0.29, 0.717) is 25.4 Å². The Morgan fingerprint density at radius 1 is 1.09 bits per heavy atom. The number of rotatable bonds is 7. The van der Waals surface area contributed by atoms with Gasteiger partial charge in [-0.05, 0) is 36.4 Å². The quantitative estimate of drug-likeness (QED) is 0.682. The maximum Gasteiger partial charge on any atom is 0.227 e. The van der Waals surface area contributed by atoms with Gasteiger partial charge in [-0.1, -0.05) is 6.07 Å². The number of anilines is 2. The summed E-state index contributed by atoms with van der Waals surface area (Å²) in [6.07, 6.45) is 2.18. The molecule has 9 heteroatoms. The zero-order valence-corrected chi connectivity index (χ0v) is 18.8. The molecule has 3 amide bonds. The lowest BCUT2D eigenvalue weighted by molar-refractivity contribution is -0.131. The predicted molar refractivity (Wildman–Crippen MR) is 124 cm³/mol. The highest BCUT2D eigenvalue weighted by atomic mass is 16.5. The first kappa shape index (κ1) is 22.6. The summed E-state index contributed by atoms with van der Waals surface area (Å²) in [5.74, 6) is 0.971. The largest absolute Gasteiger partial charge is 0.497 e. The molecule has 1 N–H and O–H groups in total. The van der Waals surface area contributed by atoms with Gasteiger partial charge in [0, 0.05) is 64.0 Å². The summed E-state index contributed by atoms with van der Waals surface area (Å²) in [5.41, 5.74) is 0.746. The van der Waals surface area contributed by atoms with E-state index in [4.69, 9.17) is 4.74 Å². The van der Waals surface area contributed by atoms with Crippen molar-refractivity contribution in [2.45, 2.75) is 12.8 Å². The molecular weight excluding hydrogens is 422 g/mol. The molecule has 2 aliphatic rings. The molecule has 2 saturated heterocycles. The maximum absolute atomic E-state index is 12.6. The highest BCUT2D eigenvalue weighted by Crippen LogP contribution is 2.27. The first-order valence-corrected chi connectivity index (χ1v) is 11.2. The number of carbonyl (C=O) groups is 3. The maximum atomic E-state index is 12.6. The Bertz CT molecular complexity index is 974. The van der Waals surface area contributed by atoms with Crippen LogP contribution in [0.1, 0.15) is 12.8 Å². The minimum Gasteiger partial charge on any atom is -0.497 e. The minimum absolute atomic E-state index is 0.0262. The van der Waals surface area contributed by atoms with E-state index in [-0.39, 0.29) is 37.1 Å². The van der Waals surface area contributed by atoms with Gasteiger partial charge in [0.05, 0.1) is 13.0 Å². The Morgan fingerprint density at radius 2 is 1.85 bits per heavy atom. The lowest BCUT2D eigenvalue weighted by Gasteiger charge is -2.35. The fraction of sp³-hybridized carbons (Fsp3) is 0.417. The lowest BCUT2D eigenvalue weighted by Crippen LogP contribution is -2.49. The molecule has 174 valence electrons. The summed E-state index contributed by atoms with van der Waals surface area (Å²) in [6.45, 7) is 3.35. The minimum atomic E-state index is -0.420. The van der Waals surface area contributed by atoms with Crippen molar-refractivity contribution in [1.82, 2.24) is 15.2 Å². The fourth-order valence-corrected chi connectivity index (χ4v) is 4.22. The molecule has 33 heavy (non-hydrogen) atoms. The number of nitrogens with zero attached hydrogens (tertiary/aromatic N) is 4. The number of benzene rings is 1. The number of amides is 3. The van der Waals surface area contributed by atoms with Gasteiger partial charge < -0.3 is 24.8 Å². The highest BCUT2D eigenvalue weighted by Gasteiger charge is 2.35. The molecule has 0 radical (unpaired) electrons. The third-order valence-electron chi connectivity index (χ3n) is 6.12. The zero-order chi connectivity index (χ0) is 23.2. The SMILES string of the molecule is COc1ccc(N2C[C@@H](C(=O)NCCC(=O)N3CCN(c4ccccn4)CC3)CC2=O)cc1. The van der Waals surface area contributed by atoms with Crippen molar-refractivity contribution in [2.24, 2.45) is 5.92 Å². The predicted octanol–water partition coefficient (Wildman–Crippen LogP) is 1.30. The molecule has 0 unspecified atom stereocenters. The van der Waals surface area contributed by atoms with Crippen LogP contribution in [0.3, 0.4) is 0 Å². The summed E-state index contributed by atoms with van der Waals surface area (Å²) >= 11 is 0. The smallest absolute Gasteiger partial charge is 0.227 e. The summed E-state index contributed by atoms with van der Waals surface area (Å²) < 4.78 is 5.15. The van der Waals surface area contributed by atoms with Crippen LogP contribution in [0, 0.1) is 5.92 Å². The molecule has 4 rings (SSSR count).